The van der Waals surface area contributed by atoms with Crippen LogP contribution in [0, 0.1) is 13.8 Å². The van der Waals surface area contributed by atoms with Crippen LogP contribution in [0.15, 0.2) is 40.6 Å². The van der Waals surface area contributed by atoms with Crippen molar-refractivity contribution in [2.75, 3.05) is 12.3 Å². The van der Waals surface area contributed by atoms with Crippen molar-refractivity contribution >= 4 is 31.2 Å². The van der Waals surface area contributed by atoms with Gasteiger partial charge in [-0.05, 0) is 55.0 Å². The van der Waals surface area contributed by atoms with Crippen molar-refractivity contribution in [1.82, 2.24) is 4.72 Å². The summed E-state index contributed by atoms with van der Waals surface area (Å²) in [5, 5.41) is 0.852. The van der Waals surface area contributed by atoms with Crippen LogP contribution in [0.1, 0.15) is 41.0 Å². The van der Waals surface area contributed by atoms with E-state index in [2.05, 4.69) is 4.72 Å². The van der Waals surface area contributed by atoms with Gasteiger partial charge in [-0.2, -0.15) is 0 Å². The minimum absolute atomic E-state index is 0.00431. The van der Waals surface area contributed by atoms with E-state index in [1.54, 1.807) is 35.7 Å². The Balaban J connectivity index is 2.34. The Morgan fingerprint density at radius 3 is 2.38 bits per heavy atom. The second kappa shape index (κ2) is 8.65. The molecule has 1 atom stereocenters. The van der Waals surface area contributed by atoms with Gasteiger partial charge in [0.15, 0.2) is 9.84 Å². The van der Waals surface area contributed by atoms with Crippen LogP contribution >= 0.6 is 11.3 Å². The van der Waals surface area contributed by atoms with Gasteiger partial charge in [0.2, 0.25) is 10.0 Å². The van der Waals surface area contributed by atoms with Gasteiger partial charge >= 0.3 is 0 Å². The molecule has 0 amide bonds. The molecule has 1 aromatic heterocycles. The van der Waals surface area contributed by atoms with Crippen molar-refractivity contribution in [2.24, 2.45) is 0 Å². The normalized spacial score (nSPS) is 13.7. The van der Waals surface area contributed by atoms with Gasteiger partial charge in [-0.15, -0.1) is 11.3 Å². The topological polar surface area (TPSA) is 80.3 Å². The predicted molar refractivity (Wildman–Crippen MR) is 107 cm³/mol. The molecular formula is C18H25NO4S3. The Morgan fingerprint density at radius 1 is 1.08 bits per heavy atom. The van der Waals surface area contributed by atoms with E-state index in [9.17, 15) is 16.8 Å². The van der Waals surface area contributed by atoms with Crippen LogP contribution in [0.2, 0.25) is 0 Å². The number of hydrogen-bond acceptors (Lipinski definition) is 5. The smallest absolute Gasteiger partial charge is 0.211 e. The first-order valence-electron chi connectivity index (χ1n) is 8.49. The number of rotatable bonds is 9. The molecule has 0 saturated heterocycles. The molecule has 26 heavy (non-hydrogen) atoms. The maximum Gasteiger partial charge on any atom is 0.211 e. The van der Waals surface area contributed by atoms with Crippen molar-refractivity contribution < 1.29 is 16.8 Å². The summed E-state index contributed by atoms with van der Waals surface area (Å²) in [7, 11) is -7.22. The number of hydrogen-bond donors (Lipinski definition) is 1. The molecule has 0 aliphatic rings. The molecule has 0 spiro atoms. The first-order valence-corrected chi connectivity index (χ1v) is 12.6. The number of thiophene rings is 1. The Labute approximate surface area is 160 Å². The second-order valence-corrected chi connectivity index (χ2v) is 11.4. The van der Waals surface area contributed by atoms with E-state index >= 15 is 0 Å². The zero-order valence-corrected chi connectivity index (χ0v) is 17.7. The average molecular weight is 416 g/mol. The molecule has 1 aromatic carbocycles. The number of aryl methyl sites for hydroxylation is 2. The molecule has 0 aliphatic carbocycles. The molecule has 0 bridgehead atoms. The third-order valence-electron chi connectivity index (χ3n) is 4.30. The van der Waals surface area contributed by atoms with Crippen molar-refractivity contribution in [3.8, 4) is 0 Å². The quantitative estimate of drug-likeness (QED) is 0.678. The number of sulfone groups is 1. The van der Waals surface area contributed by atoms with Crippen LogP contribution in [0.4, 0.5) is 0 Å². The zero-order chi connectivity index (χ0) is 19.4. The highest BCUT2D eigenvalue weighted by Gasteiger charge is 2.31. The van der Waals surface area contributed by atoms with E-state index in [4.69, 9.17) is 0 Å². The fourth-order valence-corrected chi connectivity index (χ4v) is 6.71. The fourth-order valence-electron chi connectivity index (χ4n) is 2.50. The van der Waals surface area contributed by atoms with Crippen LogP contribution in [-0.2, 0) is 19.9 Å². The lowest BCUT2D eigenvalue weighted by Gasteiger charge is -2.18. The monoisotopic (exact) mass is 415 g/mol. The molecule has 5 nitrogen and oxygen atoms in total. The molecule has 0 unspecified atom stereocenters. The Hall–Kier alpha value is -1.22. The van der Waals surface area contributed by atoms with Crippen LogP contribution in [0.3, 0.4) is 0 Å². The van der Waals surface area contributed by atoms with Crippen molar-refractivity contribution in [3.05, 3.63) is 51.7 Å². The highest BCUT2D eigenvalue weighted by atomic mass is 32.2. The van der Waals surface area contributed by atoms with Crippen molar-refractivity contribution in [2.45, 2.75) is 43.8 Å². The lowest BCUT2D eigenvalue weighted by molar-refractivity contribution is 0.568. The summed E-state index contributed by atoms with van der Waals surface area (Å²) in [5.41, 5.74) is 1.90. The Kier molecular flexibility index (Phi) is 7.01. The Morgan fingerprint density at radius 2 is 1.81 bits per heavy atom. The van der Waals surface area contributed by atoms with Gasteiger partial charge in [0.25, 0.3) is 0 Å². The van der Waals surface area contributed by atoms with E-state index < -0.39 is 25.1 Å². The zero-order valence-electron chi connectivity index (χ0n) is 15.2. The number of nitrogens with one attached hydrogen (secondary N) is 1. The SMILES string of the molecule is CCCCS(=O)(=O)NC[C@@H](c1cccs1)S(=O)(=O)c1ccc(C)c(C)c1. The number of benzene rings is 1. The summed E-state index contributed by atoms with van der Waals surface area (Å²) < 4.78 is 53.1. The van der Waals surface area contributed by atoms with Gasteiger partial charge in [0.1, 0.15) is 5.25 Å². The van der Waals surface area contributed by atoms with Crippen molar-refractivity contribution in [1.29, 1.82) is 0 Å². The summed E-state index contributed by atoms with van der Waals surface area (Å²) in [6.45, 7) is 5.53. The van der Waals surface area contributed by atoms with E-state index in [-0.39, 0.29) is 17.2 Å². The summed E-state index contributed by atoms with van der Waals surface area (Å²) in [4.78, 5) is 0.841. The van der Waals surface area contributed by atoms with E-state index in [1.807, 2.05) is 20.8 Å². The first-order chi connectivity index (χ1) is 12.2. The summed E-state index contributed by atoms with van der Waals surface area (Å²) in [6.07, 6.45) is 1.30. The average Bonchev–Trinajstić information content (AvgIpc) is 3.09. The molecular weight excluding hydrogens is 390 g/mol. The van der Waals surface area contributed by atoms with Gasteiger partial charge in [-0.3, -0.25) is 0 Å². The third kappa shape index (κ3) is 5.16. The highest BCUT2D eigenvalue weighted by molar-refractivity contribution is 7.92. The number of unbranched alkanes of at least 4 members (excludes halogenated alkanes) is 1. The molecule has 144 valence electrons. The van der Waals surface area contributed by atoms with Crippen molar-refractivity contribution in [3.63, 3.8) is 0 Å². The minimum atomic E-state index is -3.72. The van der Waals surface area contributed by atoms with Gasteiger partial charge in [0, 0.05) is 11.4 Å². The predicted octanol–water partition coefficient (Wildman–Crippen LogP) is 3.60. The summed E-state index contributed by atoms with van der Waals surface area (Å²) in [5.74, 6) is 0.00431. The second-order valence-electron chi connectivity index (χ2n) is 6.32. The molecule has 0 radical (unpaired) electrons. The standard InChI is InChI=1S/C18H25NO4S3/c1-4-5-11-25(20,21)19-13-18(17-7-6-10-24-17)26(22,23)16-9-8-14(2)15(3)12-16/h6-10,12,18-19H,4-5,11,13H2,1-3H3/t18-/m0/s1. The van der Waals surface area contributed by atoms with Crippen LogP contribution in [0.25, 0.3) is 0 Å². The molecule has 0 fully saturated rings. The maximum atomic E-state index is 13.2. The van der Waals surface area contributed by atoms with Crippen LogP contribution < -0.4 is 4.72 Å². The highest BCUT2D eigenvalue weighted by Crippen LogP contribution is 2.32. The van der Waals surface area contributed by atoms with E-state index in [1.165, 1.54) is 11.3 Å². The van der Waals surface area contributed by atoms with Crippen LogP contribution in [0.5, 0.6) is 0 Å². The molecule has 2 rings (SSSR count). The Bertz CT molecular complexity index is 933. The summed E-state index contributed by atoms with van der Waals surface area (Å²) >= 11 is 1.31. The van der Waals surface area contributed by atoms with E-state index in [0.717, 1.165) is 17.5 Å². The molecule has 1 N–H and O–H groups in total. The lowest BCUT2D eigenvalue weighted by Crippen LogP contribution is -2.33. The molecule has 0 aliphatic heterocycles. The van der Waals surface area contributed by atoms with Gasteiger partial charge in [0.05, 0.1) is 10.6 Å². The fraction of sp³-hybridized carbons (Fsp3) is 0.444. The summed E-state index contributed by atoms with van der Waals surface area (Å²) in [6, 6.07) is 8.52. The largest absolute Gasteiger partial charge is 0.223 e. The number of sulfonamides is 1. The van der Waals surface area contributed by atoms with Gasteiger partial charge < -0.3 is 0 Å². The first kappa shape index (κ1) is 21.1. The molecule has 0 saturated carbocycles. The molecule has 8 heteroatoms. The van der Waals surface area contributed by atoms with Gasteiger partial charge in [-0.1, -0.05) is 25.5 Å². The third-order valence-corrected chi connectivity index (χ3v) is 8.95. The lowest BCUT2D eigenvalue weighted by atomic mass is 10.1. The molecule has 1 heterocycles. The van der Waals surface area contributed by atoms with Gasteiger partial charge in [-0.25, -0.2) is 21.6 Å². The maximum absolute atomic E-state index is 13.2. The van der Waals surface area contributed by atoms with Crippen LogP contribution in [-0.4, -0.2) is 29.1 Å². The molecule has 2 aromatic rings. The van der Waals surface area contributed by atoms with E-state index in [0.29, 0.717) is 11.3 Å². The minimum Gasteiger partial charge on any atom is -0.223 e.